The standard InChI is InChI=1S/C22H22N2O3S/c1-15-7-9-17(10-8-15)28(26,27)24-12-11-22-18-5-3-4-6-19(18)23(2)20(22)13-16(25)14-21(22)24/h3-10,14,20H,11-13H2,1-2H3/t20-,22-/m0/s1. The lowest BCUT2D eigenvalue weighted by Gasteiger charge is -2.39. The maximum absolute atomic E-state index is 13.4. The van der Waals surface area contributed by atoms with Crippen molar-refractivity contribution >= 4 is 21.5 Å². The fourth-order valence-corrected chi connectivity index (χ4v) is 6.74. The maximum Gasteiger partial charge on any atom is 0.264 e. The Labute approximate surface area is 165 Å². The second-order valence-electron chi connectivity index (χ2n) is 7.96. The van der Waals surface area contributed by atoms with E-state index in [-0.39, 0.29) is 16.7 Å². The van der Waals surface area contributed by atoms with E-state index >= 15 is 0 Å². The molecule has 0 radical (unpaired) electrons. The van der Waals surface area contributed by atoms with Gasteiger partial charge < -0.3 is 4.90 Å². The summed E-state index contributed by atoms with van der Waals surface area (Å²) < 4.78 is 28.4. The van der Waals surface area contributed by atoms with E-state index in [1.54, 1.807) is 30.3 Å². The van der Waals surface area contributed by atoms with Crippen LogP contribution in [-0.2, 0) is 20.2 Å². The predicted molar refractivity (Wildman–Crippen MR) is 108 cm³/mol. The predicted octanol–water partition coefficient (Wildman–Crippen LogP) is 3.00. The summed E-state index contributed by atoms with van der Waals surface area (Å²) in [4.78, 5) is 15.0. The molecule has 6 heteroatoms. The van der Waals surface area contributed by atoms with Crippen LogP contribution < -0.4 is 4.90 Å². The Morgan fingerprint density at radius 1 is 1.07 bits per heavy atom. The van der Waals surface area contributed by atoms with Gasteiger partial charge in [0, 0.05) is 37.5 Å². The molecule has 2 atom stereocenters. The third kappa shape index (κ3) is 2.12. The van der Waals surface area contributed by atoms with Gasteiger partial charge >= 0.3 is 0 Å². The maximum atomic E-state index is 13.4. The molecule has 0 aromatic heterocycles. The van der Waals surface area contributed by atoms with Crippen LogP contribution in [0, 0.1) is 6.92 Å². The van der Waals surface area contributed by atoms with Gasteiger partial charge in [0.05, 0.1) is 16.4 Å². The van der Waals surface area contributed by atoms with Crippen molar-refractivity contribution in [2.24, 2.45) is 0 Å². The molecule has 0 N–H and O–H groups in total. The molecule has 5 rings (SSSR count). The number of para-hydroxylation sites is 1. The molecule has 1 spiro atoms. The smallest absolute Gasteiger partial charge is 0.264 e. The molecule has 2 aromatic rings. The largest absolute Gasteiger partial charge is 0.370 e. The van der Waals surface area contributed by atoms with Gasteiger partial charge in [0.25, 0.3) is 10.0 Å². The third-order valence-electron chi connectivity index (χ3n) is 6.54. The molecule has 144 valence electrons. The molecule has 1 fully saturated rings. The zero-order chi connectivity index (χ0) is 19.7. The summed E-state index contributed by atoms with van der Waals surface area (Å²) in [6, 6.07) is 15.0. The van der Waals surface area contributed by atoms with Gasteiger partial charge in [0.2, 0.25) is 0 Å². The Morgan fingerprint density at radius 2 is 1.79 bits per heavy atom. The third-order valence-corrected chi connectivity index (χ3v) is 8.36. The number of aryl methyl sites for hydroxylation is 1. The van der Waals surface area contributed by atoms with Crippen LogP contribution in [0.3, 0.4) is 0 Å². The van der Waals surface area contributed by atoms with Crippen molar-refractivity contribution < 1.29 is 13.2 Å². The minimum Gasteiger partial charge on any atom is -0.370 e. The quantitative estimate of drug-likeness (QED) is 0.786. The van der Waals surface area contributed by atoms with Crippen molar-refractivity contribution in [3.8, 4) is 0 Å². The summed E-state index contributed by atoms with van der Waals surface area (Å²) in [5.41, 5.74) is 3.41. The van der Waals surface area contributed by atoms with E-state index in [9.17, 15) is 13.2 Å². The van der Waals surface area contributed by atoms with Crippen LogP contribution in [0.15, 0.2) is 65.2 Å². The highest BCUT2D eigenvalue weighted by molar-refractivity contribution is 7.89. The van der Waals surface area contributed by atoms with Gasteiger partial charge in [-0.2, -0.15) is 0 Å². The number of carbonyl (C=O) groups excluding carboxylic acids is 1. The Morgan fingerprint density at radius 3 is 2.54 bits per heavy atom. The SMILES string of the molecule is Cc1ccc(S(=O)(=O)N2CC[C@@]34C2=CC(=O)C[C@@H]3N(C)c2ccccc24)cc1. The van der Waals surface area contributed by atoms with Crippen molar-refractivity contribution in [2.45, 2.75) is 36.1 Å². The van der Waals surface area contributed by atoms with Gasteiger partial charge in [-0.1, -0.05) is 35.9 Å². The summed E-state index contributed by atoms with van der Waals surface area (Å²) in [6.07, 6.45) is 2.67. The molecular formula is C22H22N2O3S. The Bertz CT molecular complexity index is 1120. The van der Waals surface area contributed by atoms with Crippen LogP contribution in [0.25, 0.3) is 0 Å². The van der Waals surface area contributed by atoms with E-state index in [1.165, 1.54) is 4.31 Å². The normalized spacial score (nSPS) is 26.0. The van der Waals surface area contributed by atoms with Crippen LogP contribution in [-0.4, -0.2) is 38.1 Å². The number of rotatable bonds is 2. The van der Waals surface area contributed by atoms with E-state index < -0.39 is 15.4 Å². The number of likely N-dealkylation sites (N-methyl/N-ethyl adjacent to an activating group) is 1. The number of sulfonamides is 1. The van der Waals surface area contributed by atoms with Gasteiger partial charge in [-0.15, -0.1) is 0 Å². The molecule has 3 aliphatic rings. The highest BCUT2D eigenvalue weighted by Gasteiger charge is 2.60. The Kier molecular flexibility index (Phi) is 3.56. The number of allylic oxidation sites excluding steroid dienone is 1. The number of fused-ring (bicyclic) bond motifs is 1. The topological polar surface area (TPSA) is 57.7 Å². The number of hydrogen-bond acceptors (Lipinski definition) is 4. The lowest BCUT2D eigenvalue weighted by Crippen LogP contribution is -2.48. The molecular weight excluding hydrogens is 372 g/mol. The molecule has 1 aliphatic carbocycles. The Balaban J connectivity index is 1.68. The van der Waals surface area contributed by atoms with Gasteiger partial charge in [0.15, 0.2) is 5.78 Å². The van der Waals surface area contributed by atoms with Crippen molar-refractivity contribution in [1.29, 1.82) is 0 Å². The van der Waals surface area contributed by atoms with Gasteiger partial charge in [-0.05, 0) is 37.1 Å². The van der Waals surface area contributed by atoms with Crippen LogP contribution in [0.2, 0.25) is 0 Å². The summed E-state index contributed by atoms with van der Waals surface area (Å²) in [5.74, 6) is -0.0127. The minimum absolute atomic E-state index is 0.0127. The van der Waals surface area contributed by atoms with E-state index in [2.05, 4.69) is 17.0 Å². The summed E-state index contributed by atoms with van der Waals surface area (Å²) >= 11 is 0. The Hall–Kier alpha value is -2.60. The van der Waals surface area contributed by atoms with Crippen molar-refractivity contribution in [1.82, 2.24) is 4.31 Å². The lowest BCUT2D eigenvalue weighted by atomic mass is 9.69. The highest BCUT2D eigenvalue weighted by Crippen LogP contribution is 2.58. The second kappa shape index (κ2) is 5.70. The number of carbonyl (C=O) groups is 1. The zero-order valence-electron chi connectivity index (χ0n) is 15.9. The number of anilines is 1. The molecule has 0 saturated carbocycles. The minimum atomic E-state index is -3.72. The van der Waals surface area contributed by atoms with Crippen LogP contribution in [0.1, 0.15) is 24.0 Å². The van der Waals surface area contributed by atoms with Gasteiger partial charge in [-0.25, -0.2) is 8.42 Å². The molecule has 5 nitrogen and oxygen atoms in total. The van der Waals surface area contributed by atoms with E-state index in [0.717, 1.165) is 16.8 Å². The summed E-state index contributed by atoms with van der Waals surface area (Å²) in [6.45, 7) is 2.31. The molecule has 2 aliphatic heterocycles. The zero-order valence-corrected chi connectivity index (χ0v) is 16.7. The second-order valence-corrected chi connectivity index (χ2v) is 9.82. The molecule has 0 bridgehead atoms. The van der Waals surface area contributed by atoms with Gasteiger partial charge in [0.1, 0.15) is 0 Å². The van der Waals surface area contributed by atoms with Gasteiger partial charge in [-0.3, -0.25) is 9.10 Å². The molecule has 2 heterocycles. The molecule has 0 unspecified atom stereocenters. The molecule has 0 amide bonds. The molecule has 28 heavy (non-hydrogen) atoms. The number of nitrogens with zero attached hydrogens (tertiary/aromatic N) is 2. The summed E-state index contributed by atoms with van der Waals surface area (Å²) in [5, 5.41) is 0. The first kappa shape index (κ1) is 17.5. The molecule has 1 saturated heterocycles. The lowest BCUT2D eigenvalue weighted by molar-refractivity contribution is -0.115. The van der Waals surface area contributed by atoms with Crippen LogP contribution in [0.5, 0.6) is 0 Å². The van der Waals surface area contributed by atoms with Crippen molar-refractivity contribution in [2.75, 3.05) is 18.5 Å². The first-order valence-corrected chi connectivity index (χ1v) is 11.0. The first-order valence-electron chi connectivity index (χ1n) is 9.52. The average Bonchev–Trinajstić information content (AvgIpc) is 3.18. The summed E-state index contributed by atoms with van der Waals surface area (Å²) in [7, 11) is -1.71. The van der Waals surface area contributed by atoms with E-state index in [0.29, 0.717) is 25.1 Å². The monoisotopic (exact) mass is 394 g/mol. The number of benzene rings is 2. The molecule has 2 aromatic carbocycles. The van der Waals surface area contributed by atoms with E-state index in [1.807, 2.05) is 26.1 Å². The van der Waals surface area contributed by atoms with Crippen LogP contribution in [0.4, 0.5) is 5.69 Å². The van der Waals surface area contributed by atoms with Crippen LogP contribution >= 0.6 is 0 Å². The highest BCUT2D eigenvalue weighted by atomic mass is 32.2. The average molecular weight is 394 g/mol. The first-order chi connectivity index (χ1) is 13.4. The van der Waals surface area contributed by atoms with E-state index in [4.69, 9.17) is 0 Å². The fourth-order valence-electron chi connectivity index (χ4n) is 5.20. The number of ketones is 1. The number of hydrogen-bond donors (Lipinski definition) is 0. The van der Waals surface area contributed by atoms with Crippen molar-refractivity contribution in [3.63, 3.8) is 0 Å². The van der Waals surface area contributed by atoms with Crippen molar-refractivity contribution in [3.05, 3.63) is 71.4 Å². The fraction of sp³-hybridized carbons (Fsp3) is 0.318.